The van der Waals surface area contributed by atoms with Crippen LogP contribution in [0, 0.1) is 0 Å². The van der Waals surface area contributed by atoms with Crippen LogP contribution in [0.2, 0.25) is 0 Å². The molecule has 0 amide bonds. The molecule has 0 saturated heterocycles. The summed E-state index contributed by atoms with van der Waals surface area (Å²) in [5, 5.41) is 3.98. The van der Waals surface area contributed by atoms with Gasteiger partial charge in [-0.25, -0.2) is 15.0 Å². The van der Waals surface area contributed by atoms with Gasteiger partial charge in [0.25, 0.3) is 0 Å². The highest BCUT2D eigenvalue weighted by molar-refractivity contribution is 6.13. The maximum atomic E-state index is 6.62. The van der Waals surface area contributed by atoms with Gasteiger partial charge >= 0.3 is 0 Å². The molecule has 3 aromatic heterocycles. The van der Waals surface area contributed by atoms with Crippen LogP contribution >= 0.6 is 0 Å². The fourth-order valence-electron chi connectivity index (χ4n) is 11.8. The van der Waals surface area contributed by atoms with Crippen molar-refractivity contribution in [3.63, 3.8) is 0 Å². The highest BCUT2D eigenvalue weighted by Gasteiger charge is 2.46. The predicted molar refractivity (Wildman–Crippen MR) is 304 cm³/mol. The van der Waals surface area contributed by atoms with Crippen molar-refractivity contribution in [1.82, 2.24) is 15.0 Å². The molecule has 0 atom stereocenters. The molecule has 350 valence electrons. The number of benzene rings is 11. The Morgan fingerprint density at radius 1 is 0.253 bits per heavy atom. The largest absolute Gasteiger partial charge is 0.456 e. The summed E-state index contributed by atoms with van der Waals surface area (Å²) in [6.45, 7) is 0. The Morgan fingerprint density at radius 3 is 1.47 bits per heavy atom. The van der Waals surface area contributed by atoms with Crippen LogP contribution in [0.15, 0.2) is 270 Å². The van der Waals surface area contributed by atoms with E-state index in [4.69, 9.17) is 23.8 Å². The van der Waals surface area contributed by atoms with E-state index in [9.17, 15) is 0 Å². The normalized spacial score (nSPS) is 12.6. The second-order valence-electron chi connectivity index (χ2n) is 19.4. The molecule has 0 fully saturated rings. The van der Waals surface area contributed by atoms with E-state index in [1.54, 1.807) is 0 Å². The second-order valence-corrected chi connectivity index (χ2v) is 19.4. The monoisotopic (exact) mass is 957 g/mol. The number of para-hydroxylation sites is 1. The van der Waals surface area contributed by atoms with Crippen LogP contribution in [0.5, 0.6) is 0 Å². The van der Waals surface area contributed by atoms with Crippen LogP contribution in [-0.4, -0.2) is 15.0 Å². The fourth-order valence-corrected chi connectivity index (χ4v) is 11.8. The maximum Gasteiger partial charge on any atom is 0.164 e. The standard InChI is InChI=1S/C70H43N3O2/c1-4-16-44(17-5-1)47-18-14-19-50(40-47)67-71-68(51-36-39-63-58(42-51)56-25-11-13-28-62(56)74-63)73-69(72-67)57-26-15-29-65-66(57)59-41-48(35-38-64(59)75-65)45-30-32-46(33-31-45)49-34-37-55-54-24-10-12-27-60(54)70(61(55)43-49,52-20-6-2-7-21-52)53-22-8-3-9-23-53/h1-43H. The van der Waals surface area contributed by atoms with E-state index in [0.717, 1.165) is 88.4 Å². The first-order valence-corrected chi connectivity index (χ1v) is 25.4. The third-order valence-electron chi connectivity index (χ3n) is 15.2. The number of furan rings is 2. The molecule has 0 unspecified atom stereocenters. The van der Waals surface area contributed by atoms with Crippen molar-refractivity contribution < 1.29 is 8.83 Å². The number of nitrogens with zero attached hydrogens (tertiary/aromatic N) is 3. The van der Waals surface area contributed by atoms with Crippen molar-refractivity contribution in [3.05, 3.63) is 283 Å². The quantitative estimate of drug-likeness (QED) is 0.152. The summed E-state index contributed by atoms with van der Waals surface area (Å²) in [7, 11) is 0. The molecule has 5 nitrogen and oxygen atoms in total. The van der Waals surface area contributed by atoms with Gasteiger partial charge in [-0.2, -0.15) is 0 Å². The van der Waals surface area contributed by atoms with E-state index in [0.29, 0.717) is 17.5 Å². The van der Waals surface area contributed by atoms with Gasteiger partial charge in [0.2, 0.25) is 0 Å². The number of aromatic nitrogens is 3. The maximum absolute atomic E-state index is 6.62. The van der Waals surface area contributed by atoms with Crippen LogP contribution in [0.25, 0.3) is 123 Å². The molecule has 1 aliphatic rings. The van der Waals surface area contributed by atoms with Crippen molar-refractivity contribution in [1.29, 1.82) is 0 Å². The van der Waals surface area contributed by atoms with Gasteiger partial charge in [0.15, 0.2) is 17.5 Å². The average molecular weight is 958 g/mol. The average Bonchev–Trinajstić information content (AvgIpc) is 4.17. The Labute approximate surface area is 432 Å². The summed E-state index contributed by atoms with van der Waals surface area (Å²) >= 11 is 0. The molecule has 0 spiro atoms. The summed E-state index contributed by atoms with van der Waals surface area (Å²) in [5.74, 6) is 1.70. The highest BCUT2D eigenvalue weighted by atomic mass is 16.3. The zero-order valence-electron chi connectivity index (χ0n) is 40.5. The molecule has 5 heteroatoms. The van der Waals surface area contributed by atoms with Gasteiger partial charge < -0.3 is 8.83 Å². The van der Waals surface area contributed by atoms with Gasteiger partial charge in [0.1, 0.15) is 22.3 Å². The minimum absolute atomic E-state index is 0.464. The molecule has 3 heterocycles. The van der Waals surface area contributed by atoms with E-state index in [1.165, 1.54) is 38.9 Å². The summed E-state index contributed by atoms with van der Waals surface area (Å²) in [5.41, 5.74) is 19.7. The van der Waals surface area contributed by atoms with Crippen molar-refractivity contribution in [2.24, 2.45) is 0 Å². The molecule has 0 radical (unpaired) electrons. The third kappa shape index (κ3) is 6.89. The lowest BCUT2D eigenvalue weighted by Gasteiger charge is -2.34. The van der Waals surface area contributed by atoms with E-state index in [2.05, 4.69) is 212 Å². The van der Waals surface area contributed by atoms with E-state index in [1.807, 2.05) is 48.5 Å². The topological polar surface area (TPSA) is 65.0 Å². The van der Waals surface area contributed by atoms with Crippen molar-refractivity contribution in [2.45, 2.75) is 5.41 Å². The lowest BCUT2D eigenvalue weighted by atomic mass is 9.67. The van der Waals surface area contributed by atoms with Crippen LogP contribution in [0.1, 0.15) is 22.3 Å². The molecule has 0 aliphatic heterocycles. The SMILES string of the molecule is c1ccc(-c2cccc(-c3nc(-c4ccc5oc6ccccc6c5c4)nc(-c4cccc5oc6ccc(-c7ccc(-c8ccc9c(c8)C(c8ccccc8)(c8ccccc8)c8ccccc8-9)cc7)cc6c45)n3)c2)cc1. The Balaban J connectivity index is 0.839. The Kier molecular flexibility index (Phi) is 9.72. The minimum atomic E-state index is -0.464. The van der Waals surface area contributed by atoms with Crippen LogP contribution in [0.4, 0.5) is 0 Å². The molecule has 14 aromatic rings. The van der Waals surface area contributed by atoms with E-state index in [-0.39, 0.29) is 0 Å². The van der Waals surface area contributed by atoms with Crippen LogP contribution < -0.4 is 0 Å². The molecule has 0 bridgehead atoms. The molecular weight excluding hydrogens is 915 g/mol. The van der Waals surface area contributed by atoms with Gasteiger partial charge in [0, 0.05) is 38.2 Å². The van der Waals surface area contributed by atoms with Crippen LogP contribution in [-0.2, 0) is 5.41 Å². The molecule has 11 aromatic carbocycles. The Hall–Kier alpha value is -9.97. The molecule has 15 rings (SSSR count). The Morgan fingerprint density at radius 2 is 0.707 bits per heavy atom. The number of hydrogen-bond acceptors (Lipinski definition) is 5. The fraction of sp³-hybridized carbons (Fsp3) is 0.0143. The summed E-state index contributed by atoms with van der Waals surface area (Å²) in [4.78, 5) is 15.8. The van der Waals surface area contributed by atoms with Gasteiger partial charge in [-0.15, -0.1) is 0 Å². The summed E-state index contributed by atoms with van der Waals surface area (Å²) < 4.78 is 12.8. The zero-order valence-corrected chi connectivity index (χ0v) is 40.5. The number of hydrogen-bond donors (Lipinski definition) is 0. The predicted octanol–water partition coefficient (Wildman–Crippen LogP) is 18.0. The second kappa shape index (κ2) is 17.1. The first-order valence-electron chi connectivity index (χ1n) is 25.4. The van der Waals surface area contributed by atoms with E-state index < -0.39 is 5.41 Å². The lowest BCUT2D eigenvalue weighted by molar-refractivity contribution is 0.668. The first-order chi connectivity index (χ1) is 37.1. The third-order valence-corrected chi connectivity index (χ3v) is 15.2. The highest BCUT2D eigenvalue weighted by Crippen LogP contribution is 2.57. The number of fused-ring (bicyclic) bond motifs is 9. The van der Waals surface area contributed by atoms with Crippen LogP contribution in [0.3, 0.4) is 0 Å². The lowest BCUT2D eigenvalue weighted by Crippen LogP contribution is -2.28. The zero-order chi connectivity index (χ0) is 49.5. The molecule has 75 heavy (non-hydrogen) atoms. The Bertz CT molecular complexity index is 4480. The summed E-state index contributed by atoms with van der Waals surface area (Å²) in [6.07, 6.45) is 0. The minimum Gasteiger partial charge on any atom is -0.456 e. The smallest absolute Gasteiger partial charge is 0.164 e. The van der Waals surface area contributed by atoms with Gasteiger partial charge in [-0.3, -0.25) is 0 Å². The molecule has 1 aliphatic carbocycles. The van der Waals surface area contributed by atoms with Crippen molar-refractivity contribution in [2.75, 3.05) is 0 Å². The van der Waals surface area contributed by atoms with Gasteiger partial charge in [-0.05, 0) is 121 Å². The molecule has 0 saturated carbocycles. The summed E-state index contributed by atoms with van der Waals surface area (Å²) in [6, 6.07) is 92.5. The number of rotatable bonds is 8. The first kappa shape index (κ1) is 42.7. The van der Waals surface area contributed by atoms with E-state index >= 15 is 0 Å². The molecule has 0 N–H and O–H groups in total. The van der Waals surface area contributed by atoms with Crippen molar-refractivity contribution >= 4 is 43.9 Å². The van der Waals surface area contributed by atoms with Crippen molar-refractivity contribution in [3.8, 4) is 78.7 Å². The van der Waals surface area contributed by atoms with Gasteiger partial charge in [0.05, 0.1) is 5.41 Å². The van der Waals surface area contributed by atoms with Gasteiger partial charge in [-0.1, -0.05) is 206 Å². The molecular formula is C70H43N3O2.